The van der Waals surface area contributed by atoms with Gasteiger partial charge in [0.05, 0.1) is 11.4 Å². The zero-order valence-electron chi connectivity index (χ0n) is 13.8. The highest BCUT2D eigenvalue weighted by Gasteiger charge is 2.28. The van der Waals surface area contributed by atoms with Crippen molar-refractivity contribution in [1.29, 1.82) is 0 Å². The molecular formula is C18H19N5O. The summed E-state index contributed by atoms with van der Waals surface area (Å²) in [6, 6.07) is 7.91. The first-order valence-corrected chi connectivity index (χ1v) is 8.20. The van der Waals surface area contributed by atoms with Gasteiger partial charge in [0.15, 0.2) is 5.69 Å². The average Bonchev–Trinajstić information content (AvgIpc) is 3.20. The Labute approximate surface area is 140 Å². The van der Waals surface area contributed by atoms with Crippen molar-refractivity contribution in [3.8, 4) is 5.69 Å². The van der Waals surface area contributed by atoms with E-state index in [1.807, 2.05) is 42.3 Å². The average molecular weight is 321 g/mol. The number of rotatable bonds is 2. The molecule has 24 heavy (non-hydrogen) atoms. The Morgan fingerprint density at radius 3 is 2.96 bits per heavy atom. The van der Waals surface area contributed by atoms with Crippen molar-refractivity contribution in [3.63, 3.8) is 0 Å². The van der Waals surface area contributed by atoms with Crippen LogP contribution in [-0.4, -0.2) is 43.9 Å². The molecule has 6 nitrogen and oxygen atoms in total. The van der Waals surface area contributed by atoms with Gasteiger partial charge in [-0.2, -0.15) is 0 Å². The first-order valence-electron chi connectivity index (χ1n) is 8.20. The summed E-state index contributed by atoms with van der Waals surface area (Å²) in [6.45, 7) is 5.66. The number of benzene rings is 1. The van der Waals surface area contributed by atoms with E-state index in [4.69, 9.17) is 0 Å². The number of nitrogens with zero attached hydrogens (tertiary/aromatic N) is 5. The van der Waals surface area contributed by atoms with Gasteiger partial charge in [0.25, 0.3) is 5.91 Å². The van der Waals surface area contributed by atoms with E-state index in [-0.39, 0.29) is 5.91 Å². The third-order valence-corrected chi connectivity index (χ3v) is 4.69. The number of hydrogen-bond donors (Lipinski definition) is 0. The Kier molecular flexibility index (Phi) is 3.52. The van der Waals surface area contributed by atoms with Gasteiger partial charge in [0, 0.05) is 36.3 Å². The lowest BCUT2D eigenvalue weighted by Crippen LogP contribution is -2.29. The van der Waals surface area contributed by atoms with E-state index in [2.05, 4.69) is 22.2 Å². The number of amides is 1. The van der Waals surface area contributed by atoms with Gasteiger partial charge in [-0.25, -0.2) is 4.68 Å². The standard InChI is InChI=1S/C18H19N5O/c1-12-7-9-22(11-12)18(24)17-13(2)23(21-20-17)16-5-3-4-14-10-19-8-6-15(14)16/h3-6,8,10,12H,7,9,11H2,1-2H3. The van der Waals surface area contributed by atoms with E-state index in [1.54, 1.807) is 10.9 Å². The summed E-state index contributed by atoms with van der Waals surface area (Å²) < 4.78 is 1.75. The van der Waals surface area contributed by atoms with Crippen molar-refractivity contribution in [1.82, 2.24) is 24.9 Å². The van der Waals surface area contributed by atoms with Crippen LogP contribution in [-0.2, 0) is 0 Å². The summed E-state index contributed by atoms with van der Waals surface area (Å²) in [5.74, 6) is 0.528. The lowest BCUT2D eigenvalue weighted by molar-refractivity contribution is 0.0781. The monoisotopic (exact) mass is 321 g/mol. The predicted octanol–water partition coefficient (Wildman–Crippen LogP) is 2.61. The van der Waals surface area contributed by atoms with Crippen molar-refractivity contribution in [2.75, 3.05) is 13.1 Å². The predicted molar refractivity (Wildman–Crippen MR) is 91.1 cm³/mol. The molecule has 6 heteroatoms. The molecule has 1 atom stereocenters. The molecule has 0 spiro atoms. The Balaban J connectivity index is 1.75. The number of hydrogen-bond acceptors (Lipinski definition) is 4. The molecule has 1 saturated heterocycles. The van der Waals surface area contributed by atoms with Gasteiger partial charge in [-0.1, -0.05) is 24.3 Å². The van der Waals surface area contributed by atoms with Crippen LogP contribution in [0.15, 0.2) is 36.7 Å². The first-order chi connectivity index (χ1) is 11.6. The summed E-state index contributed by atoms with van der Waals surface area (Å²) in [6.07, 6.45) is 4.63. The molecule has 1 aliphatic rings. The van der Waals surface area contributed by atoms with Crippen molar-refractivity contribution >= 4 is 16.7 Å². The second-order valence-electron chi connectivity index (χ2n) is 6.45. The van der Waals surface area contributed by atoms with E-state index in [1.165, 1.54) is 0 Å². The van der Waals surface area contributed by atoms with Crippen molar-refractivity contribution in [3.05, 3.63) is 48.0 Å². The zero-order chi connectivity index (χ0) is 16.7. The molecule has 0 radical (unpaired) electrons. The Morgan fingerprint density at radius 1 is 1.29 bits per heavy atom. The molecule has 0 bridgehead atoms. The molecule has 1 unspecified atom stereocenters. The number of carbonyl (C=O) groups is 1. The summed E-state index contributed by atoms with van der Waals surface area (Å²) in [7, 11) is 0. The smallest absolute Gasteiger partial charge is 0.276 e. The van der Waals surface area contributed by atoms with Crippen LogP contribution in [0.5, 0.6) is 0 Å². The van der Waals surface area contributed by atoms with Gasteiger partial charge in [0.1, 0.15) is 0 Å². The van der Waals surface area contributed by atoms with Crippen LogP contribution in [0.25, 0.3) is 16.5 Å². The van der Waals surface area contributed by atoms with Crippen molar-refractivity contribution < 1.29 is 4.79 Å². The van der Waals surface area contributed by atoms with Crippen LogP contribution >= 0.6 is 0 Å². The second-order valence-corrected chi connectivity index (χ2v) is 6.45. The molecule has 1 aliphatic heterocycles. The van der Waals surface area contributed by atoms with Crippen molar-refractivity contribution in [2.24, 2.45) is 5.92 Å². The highest BCUT2D eigenvalue weighted by molar-refractivity contribution is 5.94. The van der Waals surface area contributed by atoms with Gasteiger partial charge in [-0.3, -0.25) is 9.78 Å². The molecule has 1 aromatic carbocycles. The molecule has 3 aromatic rings. The molecule has 0 saturated carbocycles. The Morgan fingerprint density at radius 2 is 2.17 bits per heavy atom. The van der Waals surface area contributed by atoms with Crippen LogP contribution < -0.4 is 0 Å². The van der Waals surface area contributed by atoms with Crippen LogP contribution in [0.2, 0.25) is 0 Å². The molecule has 1 amide bonds. The minimum absolute atomic E-state index is 0.0231. The third-order valence-electron chi connectivity index (χ3n) is 4.69. The summed E-state index contributed by atoms with van der Waals surface area (Å²) in [5, 5.41) is 10.5. The largest absolute Gasteiger partial charge is 0.337 e. The van der Waals surface area contributed by atoms with Gasteiger partial charge in [-0.05, 0) is 31.4 Å². The summed E-state index contributed by atoms with van der Waals surface area (Å²) in [4.78, 5) is 18.8. The maximum Gasteiger partial charge on any atom is 0.276 e. The maximum atomic E-state index is 12.7. The molecule has 1 fully saturated rings. The second kappa shape index (κ2) is 5.70. The highest BCUT2D eigenvalue weighted by Crippen LogP contribution is 2.24. The van der Waals surface area contributed by atoms with E-state index >= 15 is 0 Å². The van der Waals surface area contributed by atoms with E-state index < -0.39 is 0 Å². The number of aromatic nitrogens is 4. The Bertz CT molecular complexity index is 911. The fourth-order valence-corrected chi connectivity index (χ4v) is 3.31. The van der Waals surface area contributed by atoms with E-state index in [0.29, 0.717) is 11.6 Å². The first kappa shape index (κ1) is 14.8. The number of pyridine rings is 1. The lowest BCUT2D eigenvalue weighted by atomic mass is 10.1. The minimum atomic E-state index is -0.0231. The van der Waals surface area contributed by atoms with Gasteiger partial charge >= 0.3 is 0 Å². The summed E-state index contributed by atoms with van der Waals surface area (Å²) >= 11 is 0. The van der Waals surface area contributed by atoms with Gasteiger partial charge < -0.3 is 4.90 Å². The van der Waals surface area contributed by atoms with Gasteiger partial charge in [-0.15, -0.1) is 5.10 Å². The fraction of sp³-hybridized carbons (Fsp3) is 0.333. The van der Waals surface area contributed by atoms with Crippen LogP contribution in [0.1, 0.15) is 29.5 Å². The fourth-order valence-electron chi connectivity index (χ4n) is 3.31. The zero-order valence-corrected chi connectivity index (χ0v) is 13.8. The molecule has 0 aliphatic carbocycles. The van der Waals surface area contributed by atoms with Crippen molar-refractivity contribution in [2.45, 2.75) is 20.3 Å². The Hall–Kier alpha value is -2.76. The van der Waals surface area contributed by atoms with Crippen LogP contribution in [0, 0.1) is 12.8 Å². The topological polar surface area (TPSA) is 63.9 Å². The quantitative estimate of drug-likeness (QED) is 0.728. The molecule has 3 heterocycles. The number of carbonyl (C=O) groups excluding carboxylic acids is 1. The lowest BCUT2D eigenvalue weighted by Gasteiger charge is -2.14. The maximum absolute atomic E-state index is 12.7. The normalized spacial score (nSPS) is 17.6. The van der Waals surface area contributed by atoms with E-state index in [9.17, 15) is 4.79 Å². The minimum Gasteiger partial charge on any atom is -0.337 e. The third kappa shape index (κ3) is 2.35. The number of fused-ring (bicyclic) bond motifs is 1. The summed E-state index contributed by atoms with van der Waals surface area (Å²) in [5.41, 5.74) is 2.12. The molecular weight excluding hydrogens is 302 g/mol. The highest BCUT2D eigenvalue weighted by atomic mass is 16.2. The van der Waals surface area contributed by atoms with Gasteiger partial charge in [0.2, 0.25) is 0 Å². The van der Waals surface area contributed by atoms with Crippen LogP contribution in [0.3, 0.4) is 0 Å². The molecule has 4 rings (SSSR count). The molecule has 0 N–H and O–H groups in total. The molecule has 122 valence electrons. The number of likely N-dealkylation sites (tertiary alicyclic amines) is 1. The van der Waals surface area contributed by atoms with E-state index in [0.717, 1.165) is 41.7 Å². The molecule has 2 aromatic heterocycles. The van der Waals surface area contributed by atoms with Crippen LogP contribution in [0.4, 0.5) is 0 Å². The SMILES string of the molecule is Cc1c(C(=O)N2CCC(C)C2)nnn1-c1cccc2cnccc12.